The third-order valence-electron chi connectivity index (χ3n) is 5.01. The molecule has 3 atom stereocenters. The zero-order valence-corrected chi connectivity index (χ0v) is 17.5. The monoisotopic (exact) mass is 424 g/mol. The molecule has 0 aromatic carbocycles. The number of ketones is 1. The lowest BCUT2D eigenvalue weighted by molar-refractivity contribution is -0.160. The van der Waals surface area contributed by atoms with Crippen molar-refractivity contribution in [1.29, 1.82) is 0 Å². The van der Waals surface area contributed by atoms with Gasteiger partial charge in [0, 0.05) is 17.9 Å². The molecule has 0 aromatic heterocycles. The molecular weight excluding hydrogens is 396 g/mol. The Balaban J connectivity index is 3.08. The van der Waals surface area contributed by atoms with Gasteiger partial charge in [-0.3, -0.25) is 14.4 Å². The Morgan fingerprint density at radius 1 is 1.27 bits per heavy atom. The van der Waals surface area contributed by atoms with Crippen molar-refractivity contribution in [1.82, 2.24) is 0 Å². The summed E-state index contributed by atoms with van der Waals surface area (Å²) in [5.74, 6) is -3.58. The molecule has 0 radical (unpaired) electrons. The van der Waals surface area contributed by atoms with E-state index in [1.165, 1.54) is 39.0 Å². The Morgan fingerprint density at radius 2 is 1.87 bits per heavy atom. The van der Waals surface area contributed by atoms with E-state index in [9.17, 15) is 29.4 Å². The Hall–Kier alpha value is -2.78. The molecular formula is C21H28O9. The van der Waals surface area contributed by atoms with Gasteiger partial charge in [0.05, 0.1) is 18.4 Å². The topological polar surface area (TPSA) is 158 Å². The van der Waals surface area contributed by atoms with Crippen LogP contribution in [-0.2, 0) is 23.9 Å². The van der Waals surface area contributed by atoms with Crippen LogP contribution in [0.2, 0.25) is 0 Å². The number of carbonyl (C=O) groups excluding carboxylic acids is 2. The molecule has 166 valence electrons. The van der Waals surface area contributed by atoms with Crippen LogP contribution < -0.4 is 0 Å². The highest BCUT2D eigenvalue weighted by atomic mass is 16.5. The third kappa shape index (κ3) is 6.64. The Bertz CT molecular complexity index is 818. The molecule has 0 amide bonds. The summed E-state index contributed by atoms with van der Waals surface area (Å²) >= 11 is 0. The first-order valence-corrected chi connectivity index (χ1v) is 9.24. The minimum Gasteiger partial charge on any atom is -0.481 e. The van der Waals surface area contributed by atoms with Crippen LogP contribution in [0.1, 0.15) is 47.0 Å². The average molecular weight is 424 g/mol. The number of carboxylic acid groups (broad SMARTS) is 2. The summed E-state index contributed by atoms with van der Waals surface area (Å²) in [7, 11) is 0. The molecule has 0 aliphatic heterocycles. The summed E-state index contributed by atoms with van der Waals surface area (Å²) in [5, 5.41) is 38.9. The molecule has 9 heteroatoms. The van der Waals surface area contributed by atoms with Crippen LogP contribution in [0, 0.1) is 5.41 Å². The molecule has 0 fully saturated rings. The zero-order valence-electron chi connectivity index (χ0n) is 17.5. The zero-order chi connectivity index (χ0) is 23.3. The van der Waals surface area contributed by atoms with Crippen LogP contribution in [0.5, 0.6) is 0 Å². The van der Waals surface area contributed by atoms with E-state index in [0.29, 0.717) is 11.1 Å². The summed E-state index contributed by atoms with van der Waals surface area (Å²) in [4.78, 5) is 45.8. The Kier molecular flexibility index (Phi) is 7.88. The minimum absolute atomic E-state index is 0.147. The fourth-order valence-electron chi connectivity index (χ4n) is 3.38. The molecule has 4 N–H and O–H groups in total. The van der Waals surface area contributed by atoms with Crippen molar-refractivity contribution >= 4 is 23.7 Å². The van der Waals surface area contributed by atoms with Gasteiger partial charge in [0.25, 0.3) is 0 Å². The molecule has 30 heavy (non-hydrogen) atoms. The number of carbonyl (C=O) groups is 4. The maximum atomic E-state index is 12.1. The van der Waals surface area contributed by atoms with E-state index in [1.807, 2.05) is 0 Å². The van der Waals surface area contributed by atoms with Gasteiger partial charge in [-0.2, -0.15) is 0 Å². The molecule has 9 nitrogen and oxygen atoms in total. The summed E-state index contributed by atoms with van der Waals surface area (Å²) in [6.45, 7) is 5.43. The largest absolute Gasteiger partial charge is 0.481 e. The number of allylic oxidation sites excluding steroid dienone is 3. The first kappa shape index (κ1) is 25.3. The van der Waals surface area contributed by atoms with Crippen molar-refractivity contribution in [2.75, 3.05) is 6.61 Å². The fourth-order valence-corrected chi connectivity index (χ4v) is 3.38. The number of hydrogen-bond donors (Lipinski definition) is 4. The van der Waals surface area contributed by atoms with Gasteiger partial charge in [-0.15, -0.1) is 0 Å². The predicted molar refractivity (Wildman–Crippen MR) is 105 cm³/mol. The number of esters is 1. The Labute approximate surface area is 174 Å². The van der Waals surface area contributed by atoms with Crippen molar-refractivity contribution in [3.05, 3.63) is 35.5 Å². The summed E-state index contributed by atoms with van der Waals surface area (Å²) in [5.41, 5.74) is -4.13. The van der Waals surface area contributed by atoms with Crippen molar-refractivity contribution in [2.45, 2.75) is 58.2 Å². The van der Waals surface area contributed by atoms with E-state index in [-0.39, 0.29) is 18.8 Å². The number of aliphatic carboxylic acids is 2. The average Bonchev–Trinajstić information content (AvgIpc) is 2.54. The highest BCUT2D eigenvalue weighted by Crippen LogP contribution is 2.45. The highest BCUT2D eigenvalue weighted by Gasteiger charge is 2.51. The van der Waals surface area contributed by atoms with Gasteiger partial charge in [0.15, 0.2) is 5.78 Å². The van der Waals surface area contributed by atoms with Crippen LogP contribution in [-0.4, -0.2) is 61.9 Å². The van der Waals surface area contributed by atoms with Crippen molar-refractivity contribution in [3.8, 4) is 0 Å². The molecule has 1 aliphatic carbocycles. The SMILES string of the molecule is CC1=CC(=O)C[C@](C)(COC(=O)CC(C)(O)CC(=O)O)[C@@]1(O)/C=C/C(C)=C\C(=O)O. The van der Waals surface area contributed by atoms with Crippen LogP contribution in [0.15, 0.2) is 35.5 Å². The Morgan fingerprint density at radius 3 is 2.40 bits per heavy atom. The van der Waals surface area contributed by atoms with E-state index in [4.69, 9.17) is 14.9 Å². The molecule has 0 bridgehead atoms. The maximum absolute atomic E-state index is 12.1. The van der Waals surface area contributed by atoms with E-state index >= 15 is 0 Å². The van der Waals surface area contributed by atoms with E-state index in [2.05, 4.69) is 0 Å². The second-order valence-corrected chi connectivity index (χ2v) is 8.26. The predicted octanol–water partition coefficient (Wildman–Crippen LogP) is 1.39. The van der Waals surface area contributed by atoms with Gasteiger partial charge < -0.3 is 25.2 Å². The molecule has 0 spiro atoms. The van der Waals surface area contributed by atoms with E-state index < -0.39 is 47.4 Å². The van der Waals surface area contributed by atoms with E-state index in [1.54, 1.807) is 6.92 Å². The van der Waals surface area contributed by atoms with Crippen LogP contribution >= 0.6 is 0 Å². The second-order valence-electron chi connectivity index (χ2n) is 8.26. The number of aliphatic hydroxyl groups is 2. The normalized spacial score (nSPS) is 26.8. The quantitative estimate of drug-likeness (QED) is 0.244. The fraction of sp³-hybridized carbons (Fsp3) is 0.524. The van der Waals surface area contributed by atoms with Crippen molar-refractivity contribution < 1.29 is 44.3 Å². The maximum Gasteiger partial charge on any atom is 0.328 e. The van der Waals surface area contributed by atoms with Crippen LogP contribution in [0.25, 0.3) is 0 Å². The first-order valence-electron chi connectivity index (χ1n) is 9.24. The van der Waals surface area contributed by atoms with Gasteiger partial charge >= 0.3 is 17.9 Å². The van der Waals surface area contributed by atoms with E-state index in [0.717, 1.165) is 6.08 Å². The summed E-state index contributed by atoms with van der Waals surface area (Å²) in [6.07, 6.45) is 3.62. The minimum atomic E-state index is -1.81. The number of hydrogen-bond acceptors (Lipinski definition) is 7. The lowest BCUT2D eigenvalue weighted by Gasteiger charge is -2.45. The highest BCUT2D eigenvalue weighted by molar-refractivity contribution is 5.93. The molecule has 1 unspecified atom stereocenters. The smallest absolute Gasteiger partial charge is 0.328 e. The van der Waals surface area contributed by atoms with Gasteiger partial charge in [-0.25, -0.2) is 4.79 Å². The van der Waals surface area contributed by atoms with Crippen LogP contribution in [0.4, 0.5) is 0 Å². The van der Waals surface area contributed by atoms with Gasteiger partial charge in [-0.05, 0) is 44.1 Å². The summed E-state index contributed by atoms with van der Waals surface area (Å²) in [6, 6.07) is 0. The summed E-state index contributed by atoms with van der Waals surface area (Å²) < 4.78 is 5.19. The standard InChI is InChI=1S/C21H28O9/c1-13(7-16(23)24)5-6-21(29)14(2)8-15(22)9-19(21,3)12-30-18(27)11-20(4,28)10-17(25)26/h5-8,28-29H,9-12H2,1-4H3,(H,23,24)(H,25,26)/b6-5+,13-7-/t19-,20?,21-/m1/s1. The van der Waals surface area contributed by atoms with Gasteiger partial charge in [0.2, 0.25) is 0 Å². The number of carboxylic acids is 2. The number of ether oxygens (including phenoxy) is 1. The lowest BCUT2D eigenvalue weighted by atomic mass is 9.63. The molecule has 0 saturated heterocycles. The van der Waals surface area contributed by atoms with Crippen molar-refractivity contribution in [2.24, 2.45) is 5.41 Å². The number of rotatable bonds is 9. The molecule has 1 aliphatic rings. The molecule has 1 rings (SSSR count). The second kappa shape index (κ2) is 9.36. The molecule has 0 heterocycles. The lowest BCUT2D eigenvalue weighted by Crippen LogP contribution is -2.52. The molecule has 0 saturated carbocycles. The van der Waals surface area contributed by atoms with Gasteiger partial charge in [-0.1, -0.05) is 13.0 Å². The first-order chi connectivity index (χ1) is 13.6. The van der Waals surface area contributed by atoms with Crippen LogP contribution in [0.3, 0.4) is 0 Å². The van der Waals surface area contributed by atoms with Crippen molar-refractivity contribution in [3.63, 3.8) is 0 Å². The third-order valence-corrected chi connectivity index (χ3v) is 5.01. The molecule has 0 aromatic rings. The van der Waals surface area contributed by atoms with Gasteiger partial charge in [0.1, 0.15) is 12.2 Å².